The van der Waals surface area contributed by atoms with Crippen molar-refractivity contribution in [1.82, 2.24) is 9.78 Å². The monoisotopic (exact) mass is 366 g/mol. The molecule has 0 aliphatic carbocycles. The third kappa shape index (κ3) is 4.43. The summed E-state index contributed by atoms with van der Waals surface area (Å²) in [6, 6.07) is 1.85. The maximum Gasteiger partial charge on any atom is 0.303 e. The van der Waals surface area contributed by atoms with Crippen molar-refractivity contribution in [1.29, 1.82) is 0 Å². The summed E-state index contributed by atoms with van der Waals surface area (Å²) < 4.78 is 3.37. The lowest BCUT2D eigenvalue weighted by Crippen LogP contribution is -2.28. The predicted octanol–water partition coefficient (Wildman–Crippen LogP) is 3.55. The third-order valence-corrected chi connectivity index (χ3v) is 3.77. The van der Waals surface area contributed by atoms with Gasteiger partial charge in [0.2, 0.25) is 0 Å². The number of aromatic nitrogens is 2. The van der Waals surface area contributed by atoms with Gasteiger partial charge in [-0.05, 0) is 43.2 Å². The van der Waals surface area contributed by atoms with Crippen molar-refractivity contribution < 1.29 is 9.90 Å². The van der Waals surface area contributed by atoms with Crippen LogP contribution in [0.1, 0.15) is 27.2 Å². The molecule has 4 nitrogen and oxygen atoms in total. The number of carbonyl (C=O) groups is 1. The van der Waals surface area contributed by atoms with E-state index in [1.807, 2.05) is 26.8 Å². The Bertz CT molecular complexity index is 410. The molecule has 0 saturated carbocycles. The van der Waals surface area contributed by atoms with E-state index in [1.54, 1.807) is 4.68 Å². The summed E-state index contributed by atoms with van der Waals surface area (Å²) in [5.41, 5.74) is -0.0732. The molecule has 1 aromatic rings. The third-order valence-electron chi connectivity index (χ3n) is 2.74. The zero-order valence-electron chi connectivity index (χ0n) is 10.1. The molecule has 0 amide bonds. The highest BCUT2D eigenvalue weighted by Gasteiger charge is 2.28. The van der Waals surface area contributed by atoms with Gasteiger partial charge in [-0.1, -0.05) is 20.8 Å². The first-order chi connectivity index (χ1) is 7.70. The van der Waals surface area contributed by atoms with Gasteiger partial charge in [0.15, 0.2) is 0 Å². The maximum atomic E-state index is 10.9. The Hall–Kier alpha value is -0.360. The molecule has 0 aromatic carbocycles. The van der Waals surface area contributed by atoms with Gasteiger partial charge in [-0.2, -0.15) is 5.10 Å². The van der Waals surface area contributed by atoms with Crippen molar-refractivity contribution in [2.24, 2.45) is 11.3 Å². The molecule has 1 rings (SSSR count). The fraction of sp³-hybridized carbons (Fsp3) is 0.636. The molecule has 0 fully saturated rings. The quantitative estimate of drug-likeness (QED) is 0.885. The number of rotatable bonds is 4. The summed E-state index contributed by atoms with van der Waals surface area (Å²) in [4.78, 5) is 10.9. The van der Waals surface area contributed by atoms with Crippen molar-refractivity contribution in [3.8, 4) is 0 Å². The highest BCUT2D eigenvalue weighted by Crippen LogP contribution is 2.31. The van der Waals surface area contributed by atoms with E-state index >= 15 is 0 Å². The van der Waals surface area contributed by atoms with Gasteiger partial charge in [-0.15, -0.1) is 0 Å². The fourth-order valence-corrected chi connectivity index (χ4v) is 2.71. The molecular formula is C11H16Br2N2O2. The van der Waals surface area contributed by atoms with Gasteiger partial charge in [0.05, 0.1) is 6.42 Å². The highest BCUT2D eigenvalue weighted by molar-refractivity contribution is 9.11. The lowest BCUT2D eigenvalue weighted by molar-refractivity contribution is -0.139. The van der Waals surface area contributed by atoms with E-state index in [1.165, 1.54) is 0 Å². The molecule has 0 saturated heterocycles. The molecule has 17 heavy (non-hydrogen) atoms. The standard InChI is InChI=1S/C11H16Br2N2O2/c1-11(2,3)7(4-10(16)17)6-15-9(13)5-8(12)14-15/h5,7H,4,6H2,1-3H3,(H,16,17). The molecule has 1 unspecified atom stereocenters. The van der Waals surface area contributed by atoms with Gasteiger partial charge in [-0.25, -0.2) is 0 Å². The zero-order chi connectivity index (χ0) is 13.2. The van der Waals surface area contributed by atoms with E-state index in [0.29, 0.717) is 6.54 Å². The first kappa shape index (κ1) is 14.7. The van der Waals surface area contributed by atoms with Crippen LogP contribution in [0, 0.1) is 11.3 Å². The van der Waals surface area contributed by atoms with Crippen LogP contribution in [0.2, 0.25) is 0 Å². The van der Waals surface area contributed by atoms with E-state index in [0.717, 1.165) is 9.21 Å². The fourth-order valence-electron chi connectivity index (χ4n) is 1.56. The molecular weight excluding hydrogens is 352 g/mol. The summed E-state index contributed by atoms with van der Waals surface area (Å²) in [6.45, 7) is 6.73. The Morgan fingerprint density at radius 3 is 2.47 bits per heavy atom. The number of hydrogen-bond donors (Lipinski definition) is 1. The van der Waals surface area contributed by atoms with Gasteiger partial charge in [0, 0.05) is 12.6 Å². The summed E-state index contributed by atoms with van der Waals surface area (Å²) in [6.07, 6.45) is 0.146. The lowest BCUT2D eigenvalue weighted by Gasteiger charge is -2.29. The topological polar surface area (TPSA) is 55.1 Å². The van der Waals surface area contributed by atoms with Crippen LogP contribution in [0.3, 0.4) is 0 Å². The second-order valence-electron chi connectivity index (χ2n) is 5.13. The Balaban J connectivity index is 2.86. The van der Waals surface area contributed by atoms with Crippen molar-refractivity contribution in [2.45, 2.75) is 33.7 Å². The second-order valence-corrected chi connectivity index (χ2v) is 6.76. The summed E-state index contributed by atoms with van der Waals surface area (Å²) in [7, 11) is 0. The number of nitrogens with zero attached hydrogens (tertiary/aromatic N) is 2. The Morgan fingerprint density at radius 1 is 1.53 bits per heavy atom. The molecule has 0 bridgehead atoms. The first-order valence-corrected chi connectivity index (χ1v) is 6.89. The second kappa shape index (κ2) is 5.52. The highest BCUT2D eigenvalue weighted by atomic mass is 79.9. The maximum absolute atomic E-state index is 10.9. The van der Waals surface area contributed by atoms with Crippen LogP contribution in [-0.4, -0.2) is 20.9 Å². The van der Waals surface area contributed by atoms with Gasteiger partial charge in [-0.3, -0.25) is 9.48 Å². The van der Waals surface area contributed by atoms with Crippen LogP contribution in [0.4, 0.5) is 0 Å². The molecule has 1 N–H and O–H groups in total. The molecule has 0 radical (unpaired) electrons. The van der Waals surface area contributed by atoms with Gasteiger partial charge in [0.1, 0.15) is 9.21 Å². The number of hydrogen-bond acceptors (Lipinski definition) is 2. The van der Waals surface area contributed by atoms with Crippen molar-refractivity contribution in [3.63, 3.8) is 0 Å². The molecule has 1 aromatic heterocycles. The van der Waals surface area contributed by atoms with Crippen molar-refractivity contribution >= 4 is 37.8 Å². The molecule has 0 spiro atoms. The van der Waals surface area contributed by atoms with E-state index in [9.17, 15) is 4.79 Å². The van der Waals surface area contributed by atoms with Crippen LogP contribution in [0.15, 0.2) is 15.3 Å². The zero-order valence-corrected chi connectivity index (χ0v) is 13.2. The Morgan fingerprint density at radius 2 is 2.12 bits per heavy atom. The molecule has 96 valence electrons. The summed E-state index contributed by atoms with van der Waals surface area (Å²) >= 11 is 6.70. The summed E-state index contributed by atoms with van der Waals surface area (Å²) in [5.74, 6) is -0.740. The van der Waals surface area contributed by atoms with Crippen LogP contribution in [-0.2, 0) is 11.3 Å². The number of carboxylic acids is 1. The van der Waals surface area contributed by atoms with E-state index < -0.39 is 5.97 Å². The predicted molar refractivity (Wildman–Crippen MR) is 72.8 cm³/mol. The molecule has 1 atom stereocenters. The lowest BCUT2D eigenvalue weighted by atomic mass is 9.79. The van der Waals surface area contributed by atoms with Crippen LogP contribution >= 0.6 is 31.9 Å². The minimum atomic E-state index is -0.771. The summed E-state index contributed by atoms with van der Waals surface area (Å²) in [5, 5.41) is 13.2. The number of carboxylic acid groups (broad SMARTS) is 1. The largest absolute Gasteiger partial charge is 0.481 e. The minimum absolute atomic E-state index is 0.0306. The average Bonchev–Trinajstić information content (AvgIpc) is 2.41. The number of halogens is 2. The first-order valence-electron chi connectivity index (χ1n) is 5.31. The normalized spacial score (nSPS) is 13.7. The van der Waals surface area contributed by atoms with Crippen LogP contribution in [0.25, 0.3) is 0 Å². The van der Waals surface area contributed by atoms with Gasteiger partial charge >= 0.3 is 5.97 Å². The molecule has 0 aliphatic heterocycles. The Labute approximate surface area is 118 Å². The van der Waals surface area contributed by atoms with E-state index in [2.05, 4.69) is 37.0 Å². The molecule has 0 aliphatic rings. The average molecular weight is 368 g/mol. The van der Waals surface area contributed by atoms with E-state index in [4.69, 9.17) is 5.11 Å². The van der Waals surface area contributed by atoms with E-state index in [-0.39, 0.29) is 17.8 Å². The van der Waals surface area contributed by atoms with Gasteiger partial charge in [0.25, 0.3) is 0 Å². The minimum Gasteiger partial charge on any atom is -0.481 e. The van der Waals surface area contributed by atoms with Crippen LogP contribution in [0.5, 0.6) is 0 Å². The van der Waals surface area contributed by atoms with Crippen molar-refractivity contribution in [2.75, 3.05) is 0 Å². The SMILES string of the molecule is CC(C)(C)C(CC(=O)O)Cn1nc(Br)cc1Br. The smallest absolute Gasteiger partial charge is 0.303 e. The van der Waals surface area contributed by atoms with Gasteiger partial charge < -0.3 is 5.11 Å². The number of aliphatic carboxylic acids is 1. The molecule has 6 heteroatoms. The molecule has 1 heterocycles. The Kier molecular flexibility index (Phi) is 4.77. The van der Waals surface area contributed by atoms with Crippen LogP contribution < -0.4 is 0 Å². The van der Waals surface area contributed by atoms with Crippen molar-refractivity contribution in [3.05, 3.63) is 15.3 Å².